The van der Waals surface area contributed by atoms with Gasteiger partial charge in [-0.2, -0.15) is 0 Å². The van der Waals surface area contributed by atoms with Crippen molar-refractivity contribution in [2.45, 2.75) is 38.6 Å². The van der Waals surface area contributed by atoms with E-state index in [-0.39, 0.29) is 11.8 Å². The molecule has 0 bridgehead atoms. The van der Waals surface area contributed by atoms with Crippen molar-refractivity contribution in [1.29, 1.82) is 0 Å². The minimum atomic E-state index is 0.197. The monoisotopic (exact) mass is 196 g/mol. The number of carbonyl (C=O) groups excluding carboxylic acids is 1. The van der Waals surface area contributed by atoms with E-state index < -0.39 is 0 Å². The number of amides is 1. The Morgan fingerprint density at radius 1 is 1.43 bits per heavy atom. The Kier molecular flexibility index (Phi) is 3.06. The molecule has 2 aliphatic rings. The zero-order valence-corrected chi connectivity index (χ0v) is 8.88. The Bertz CT molecular complexity index is 213. The molecule has 2 fully saturated rings. The zero-order chi connectivity index (χ0) is 9.97. The van der Waals surface area contributed by atoms with Crippen LogP contribution in [0.3, 0.4) is 0 Å². The Hall–Kier alpha value is -0.570. The first-order chi connectivity index (χ1) is 6.77. The normalized spacial score (nSPS) is 32.6. The van der Waals surface area contributed by atoms with E-state index in [2.05, 4.69) is 17.6 Å². The molecule has 1 aliphatic heterocycles. The molecule has 1 heterocycles. The highest BCUT2D eigenvalue weighted by Crippen LogP contribution is 2.27. The van der Waals surface area contributed by atoms with E-state index in [0.717, 1.165) is 31.8 Å². The minimum absolute atomic E-state index is 0.197. The summed E-state index contributed by atoms with van der Waals surface area (Å²) in [6, 6.07) is 0.350. The van der Waals surface area contributed by atoms with Crippen LogP contribution < -0.4 is 10.6 Å². The fourth-order valence-corrected chi connectivity index (χ4v) is 2.10. The molecule has 0 aromatic heterocycles. The van der Waals surface area contributed by atoms with Gasteiger partial charge in [0, 0.05) is 12.6 Å². The Morgan fingerprint density at radius 2 is 2.21 bits per heavy atom. The minimum Gasteiger partial charge on any atom is -0.356 e. The molecule has 0 aromatic carbocycles. The van der Waals surface area contributed by atoms with Crippen molar-refractivity contribution >= 4 is 5.91 Å². The molecule has 0 spiro atoms. The lowest BCUT2D eigenvalue weighted by atomic mass is 9.91. The predicted octanol–water partition coefficient (Wildman–Crippen LogP) is 0.901. The maximum atomic E-state index is 11.8. The van der Waals surface area contributed by atoms with Crippen LogP contribution in [0.1, 0.15) is 32.6 Å². The number of hydrogen-bond acceptors (Lipinski definition) is 2. The third-order valence-corrected chi connectivity index (χ3v) is 3.36. The summed E-state index contributed by atoms with van der Waals surface area (Å²) in [5.41, 5.74) is 0. The van der Waals surface area contributed by atoms with Crippen molar-refractivity contribution in [3.63, 3.8) is 0 Å². The smallest absolute Gasteiger partial charge is 0.224 e. The van der Waals surface area contributed by atoms with E-state index in [1.54, 1.807) is 0 Å². The number of nitrogens with one attached hydrogen (secondary N) is 2. The van der Waals surface area contributed by atoms with Gasteiger partial charge >= 0.3 is 0 Å². The molecule has 0 aromatic rings. The molecule has 0 radical (unpaired) electrons. The van der Waals surface area contributed by atoms with Crippen LogP contribution in [-0.2, 0) is 4.79 Å². The summed E-state index contributed by atoms with van der Waals surface area (Å²) in [4.78, 5) is 11.8. The van der Waals surface area contributed by atoms with Crippen LogP contribution in [0.25, 0.3) is 0 Å². The van der Waals surface area contributed by atoms with Gasteiger partial charge in [-0.15, -0.1) is 0 Å². The molecule has 2 N–H and O–H groups in total. The van der Waals surface area contributed by atoms with Crippen molar-refractivity contribution in [2.75, 3.05) is 13.1 Å². The van der Waals surface area contributed by atoms with Gasteiger partial charge in [0.2, 0.25) is 5.91 Å². The van der Waals surface area contributed by atoms with Crippen LogP contribution in [0, 0.1) is 11.8 Å². The van der Waals surface area contributed by atoms with E-state index in [9.17, 15) is 4.79 Å². The van der Waals surface area contributed by atoms with E-state index >= 15 is 0 Å². The highest BCUT2D eigenvalue weighted by Gasteiger charge is 2.29. The molecule has 1 amide bonds. The highest BCUT2D eigenvalue weighted by atomic mass is 16.1. The number of hydrogen-bond donors (Lipinski definition) is 2. The largest absolute Gasteiger partial charge is 0.356 e. The molecular formula is C11H20N2O. The lowest BCUT2D eigenvalue weighted by Crippen LogP contribution is -2.47. The van der Waals surface area contributed by atoms with Crippen LogP contribution in [0.5, 0.6) is 0 Å². The summed E-state index contributed by atoms with van der Waals surface area (Å²) in [6.45, 7) is 4.08. The average Bonchev–Trinajstić information content (AvgIpc) is 2.98. The number of rotatable bonds is 3. The van der Waals surface area contributed by atoms with Crippen LogP contribution in [-0.4, -0.2) is 25.0 Å². The summed E-state index contributed by atoms with van der Waals surface area (Å²) in [7, 11) is 0. The predicted molar refractivity (Wildman–Crippen MR) is 55.9 cm³/mol. The molecule has 1 saturated carbocycles. The molecule has 14 heavy (non-hydrogen) atoms. The van der Waals surface area contributed by atoms with Crippen molar-refractivity contribution in [2.24, 2.45) is 11.8 Å². The van der Waals surface area contributed by atoms with Gasteiger partial charge in [0.25, 0.3) is 0 Å². The number of carbonyl (C=O) groups is 1. The molecule has 2 rings (SSSR count). The SMILES string of the molecule is C[C@H]1NCCC[C@@H]1C(=O)NCC1CC1. The van der Waals surface area contributed by atoms with Gasteiger partial charge in [0.15, 0.2) is 0 Å². The van der Waals surface area contributed by atoms with Gasteiger partial charge < -0.3 is 10.6 Å². The second kappa shape index (κ2) is 4.30. The van der Waals surface area contributed by atoms with Crippen molar-refractivity contribution in [3.05, 3.63) is 0 Å². The summed E-state index contributed by atoms with van der Waals surface area (Å²) < 4.78 is 0. The van der Waals surface area contributed by atoms with Gasteiger partial charge in [-0.05, 0) is 45.1 Å². The standard InChI is InChI=1S/C11H20N2O/c1-8-10(3-2-6-12-8)11(14)13-7-9-4-5-9/h8-10,12H,2-7H2,1H3,(H,13,14)/t8-,10+/m1/s1. The molecule has 80 valence electrons. The Balaban J connectivity index is 1.76. The second-order valence-electron chi connectivity index (χ2n) is 4.68. The first kappa shape index (κ1) is 9.97. The summed E-state index contributed by atoms with van der Waals surface area (Å²) in [6.07, 6.45) is 4.79. The average molecular weight is 196 g/mol. The van der Waals surface area contributed by atoms with Crippen LogP contribution in [0.2, 0.25) is 0 Å². The molecule has 3 heteroatoms. The van der Waals surface area contributed by atoms with Gasteiger partial charge in [-0.1, -0.05) is 0 Å². The van der Waals surface area contributed by atoms with Gasteiger partial charge in [0.05, 0.1) is 5.92 Å². The maximum absolute atomic E-state index is 11.8. The molecule has 1 saturated heterocycles. The first-order valence-electron chi connectivity index (χ1n) is 5.78. The van der Waals surface area contributed by atoms with E-state index in [4.69, 9.17) is 0 Å². The molecule has 2 atom stereocenters. The third kappa shape index (κ3) is 2.47. The zero-order valence-electron chi connectivity index (χ0n) is 8.88. The van der Waals surface area contributed by atoms with Gasteiger partial charge in [-0.25, -0.2) is 0 Å². The van der Waals surface area contributed by atoms with Crippen molar-refractivity contribution < 1.29 is 4.79 Å². The van der Waals surface area contributed by atoms with Crippen LogP contribution >= 0.6 is 0 Å². The summed E-state index contributed by atoms with van der Waals surface area (Å²) in [5.74, 6) is 1.24. The quantitative estimate of drug-likeness (QED) is 0.704. The first-order valence-corrected chi connectivity index (χ1v) is 5.78. The lowest BCUT2D eigenvalue weighted by molar-refractivity contribution is -0.126. The third-order valence-electron chi connectivity index (χ3n) is 3.36. The highest BCUT2D eigenvalue weighted by molar-refractivity contribution is 5.79. The summed E-state index contributed by atoms with van der Waals surface area (Å²) >= 11 is 0. The maximum Gasteiger partial charge on any atom is 0.224 e. The fraction of sp³-hybridized carbons (Fsp3) is 0.909. The fourth-order valence-electron chi connectivity index (χ4n) is 2.10. The Morgan fingerprint density at radius 3 is 2.86 bits per heavy atom. The van der Waals surface area contributed by atoms with E-state index in [0.29, 0.717) is 6.04 Å². The van der Waals surface area contributed by atoms with Gasteiger partial charge in [0.1, 0.15) is 0 Å². The molecule has 3 nitrogen and oxygen atoms in total. The van der Waals surface area contributed by atoms with E-state index in [1.807, 2.05) is 0 Å². The number of piperidine rings is 1. The van der Waals surface area contributed by atoms with E-state index in [1.165, 1.54) is 12.8 Å². The molecule has 1 aliphatic carbocycles. The lowest BCUT2D eigenvalue weighted by Gasteiger charge is -2.28. The second-order valence-corrected chi connectivity index (χ2v) is 4.68. The topological polar surface area (TPSA) is 41.1 Å². The Labute approximate surface area is 85.6 Å². The van der Waals surface area contributed by atoms with Gasteiger partial charge in [-0.3, -0.25) is 4.79 Å². The molecule has 0 unspecified atom stereocenters. The van der Waals surface area contributed by atoms with Crippen LogP contribution in [0.15, 0.2) is 0 Å². The van der Waals surface area contributed by atoms with Crippen molar-refractivity contribution in [3.8, 4) is 0 Å². The van der Waals surface area contributed by atoms with Crippen LogP contribution in [0.4, 0.5) is 0 Å². The molecular weight excluding hydrogens is 176 g/mol. The summed E-state index contributed by atoms with van der Waals surface area (Å²) in [5, 5.41) is 6.42. The van der Waals surface area contributed by atoms with Crippen molar-refractivity contribution in [1.82, 2.24) is 10.6 Å².